The Kier molecular flexibility index (Phi) is 4.83. The van der Waals surface area contributed by atoms with Crippen molar-refractivity contribution in [3.05, 3.63) is 0 Å². The predicted octanol–water partition coefficient (Wildman–Crippen LogP) is 3.83. The molecule has 3 unspecified atom stereocenters. The van der Waals surface area contributed by atoms with Crippen LogP contribution in [0.5, 0.6) is 0 Å². The molecule has 2 fully saturated rings. The van der Waals surface area contributed by atoms with E-state index in [-0.39, 0.29) is 0 Å². The highest BCUT2D eigenvalue weighted by Crippen LogP contribution is 2.38. The van der Waals surface area contributed by atoms with Gasteiger partial charge in [0.15, 0.2) is 0 Å². The molecule has 2 aliphatic carbocycles. The Morgan fingerprint density at radius 3 is 2.44 bits per heavy atom. The number of Topliss-reactive ketones (excluding diaryl/α,β-unsaturated/α-hetero) is 1. The third-order valence-electron chi connectivity index (χ3n) is 5.14. The Morgan fingerprint density at radius 2 is 1.83 bits per heavy atom. The molecule has 104 valence electrons. The van der Waals surface area contributed by atoms with E-state index < -0.39 is 0 Å². The van der Waals surface area contributed by atoms with Crippen molar-refractivity contribution in [2.24, 2.45) is 23.7 Å². The highest BCUT2D eigenvalue weighted by molar-refractivity contribution is 5.81. The average Bonchev–Trinajstić information content (AvgIpc) is 2.30. The fourth-order valence-electron chi connectivity index (χ4n) is 3.50. The molecule has 0 saturated heterocycles. The summed E-state index contributed by atoms with van der Waals surface area (Å²) in [6, 6.07) is 0. The van der Waals surface area contributed by atoms with Crippen molar-refractivity contribution in [2.45, 2.75) is 65.4 Å². The molecule has 18 heavy (non-hydrogen) atoms. The zero-order valence-electron chi connectivity index (χ0n) is 12.2. The van der Waals surface area contributed by atoms with Crippen LogP contribution in [0.2, 0.25) is 0 Å². The lowest BCUT2D eigenvalue weighted by atomic mass is 9.71. The summed E-state index contributed by atoms with van der Waals surface area (Å²) < 4.78 is 5.55. The van der Waals surface area contributed by atoms with Crippen LogP contribution in [0.1, 0.15) is 59.3 Å². The summed E-state index contributed by atoms with van der Waals surface area (Å²) in [5.74, 6) is 3.05. The summed E-state index contributed by atoms with van der Waals surface area (Å²) in [6.07, 6.45) is 6.97. The molecule has 2 rings (SSSR count). The van der Waals surface area contributed by atoms with Crippen molar-refractivity contribution in [2.75, 3.05) is 6.61 Å². The molecule has 0 radical (unpaired) electrons. The van der Waals surface area contributed by atoms with E-state index in [4.69, 9.17) is 4.74 Å². The summed E-state index contributed by atoms with van der Waals surface area (Å²) in [4.78, 5) is 12.3. The van der Waals surface area contributed by atoms with Crippen LogP contribution in [0.3, 0.4) is 0 Å². The van der Waals surface area contributed by atoms with E-state index in [0.29, 0.717) is 23.7 Å². The topological polar surface area (TPSA) is 26.3 Å². The standard InChI is InChI=1S/C16H28O2/c1-4-18-15-8-13(9-15)10-16(17)14-6-5-11(2)12(3)7-14/h11-15H,4-10H2,1-3H3. The van der Waals surface area contributed by atoms with Crippen molar-refractivity contribution in [1.29, 1.82) is 0 Å². The largest absolute Gasteiger partial charge is 0.378 e. The zero-order valence-corrected chi connectivity index (χ0v) is 12.2. The van der Waals surface area contributed by atoms with Gasteiger partial charge in [-0.25, -0.2) is 0 Å². The van der Waals surface area contributed by atoms with Gasteiger partial charge in [-0.1, -0.05) is 13.8 Å². The van der Waals surface area contributed by atoms with Gasteiger partial charge in [0.25, 0.3) is 0 Å². The van der Waals surface area contributed by atoms with E-state index in [1.807, 2.05) is 6.92 Å². The molecule has 0 heterocycles. The minimum Gasteiger partial charge on any atom is -0.378 e. The first-order valence-corrected chi connectivity index (χ1v) is 7.74. The van der Waals surface area contributed by atoms with Crippen LogP contribution < -0.4 is 0 Å². The molecule has 3 atom stereocenters. The number of rotatable bonds is 5. The van der Waals surface area contributed by atoms with Gasteiger partial charge >= 0.3 is 0 Å². The van der Waals surface area contributed by atoms with Gasteiger partial charge in [-0.3, -0.25) is 4.79 Å². The minimum atomic E-state index is 0.363. The van der Waals surface area contributed by atoms with Gasteiger partial charge in [0.2, 0.25) is 0 Å². The molecule has 0 aromatic carbocycles. The normalized spacial score (nSPS) is 40.3. The van der Waals surface area contributed by atoms with Crippen LogP contribution >= 0.6 is 0 Å². The molecular formula is C16H28O2. The molecule has 2 saturated carbocycles. The molecule has 2 nitrogen and oxygen atoms in total. The van der Waals surface area contributed by atoms with Crippen molar-refractivity contribution in [3.63, 3.8) is 0 Å². The molecule has 0 bridgehead atoms. The van der Waals surface area contributed by atoms with Gasteiger partial charge < -0.3 is 4.74 Å². The van der Waals surface area contributed by atoms with Crippen molar-refractivity contribution in [3.8, 4) is 0 Å². The van der Waals surface area contributed by atoms with E-state index in [2.05, 4.69) is 13.8 Å². The number of hydrogen-bond donors (Lipinski definition) is 0. The van der Waals surface area contributed by atoms with Crippen LogP contribution in [-0.2, 0) is 9.53 Å². The SMILES string of the molecule is CCOC1CC(CC(=O)C2CCC(C)C(C)C2)C1. The maximum absolute atomic E-state index is 12.3. The predicted molar refractivity (Wildman–Crippen MR) is 73.4 cm³/mol. The molecule has 0 spiro atoms. The fraction of sp³-hybridized carbons (Fsp3) is 0.938. The van der Waals surface area contributed by atoms with E-state index >= 15 is 0 Å². The molecule has 2 aliphatic rings. The lowest BCUT2D eigenvalue weighted by molar-refractivity contribution is -0.127. The lowest BCUT2D eigenvalue weighted by Gasteiger charge is -2.36. The second-order valence-corrected chi connectivity index (χ2v) is 6.55. The Morgan fingerprint density at radius 1 is 1.11 bits per heavy atom. The lowest BCUT2D eigenvalue weighted by Crippen LogP contribution is -2.35. The summed E-state index contributed by atoms with van der Waals surface area (Å²) in [7, 11) is 0. The summed E-state index contributed by atoms with van der Waals surface area (Å²) >= 11 is 0. The Labute approximate surface area is 111 Å². The molecule has 2 heteroatoms. The monoisotopic (exact) mass is 252 g/mol. The van der Waals surface area contributed by atoms with Crippen LogP contribution in [0.25, 0.3) is 0 Å². The number of carbonyl (C=O) groups excluding carboxylic acids is 1. The summed E-state index contributed by atoms with van der Waals surface area (Å²) in [6.45, 7) is 7.48. The Hall–Kier alpha value is -0.370. The second-order valence-electron chi connectivity index (χ2n) is 6.55. The first kappa shape index (κ1) is 14.0. The van der Waals surface area contributed by atoms with Gasteiger partial charge in [0.1, 0.15) is 5.78 Å². The third kappa shape index (κ3) is 3.34. The van der Waals surface area contributed by atoms with Crippen LogP contribution in [-0.4, -0.2) is 18.5 Å². The van der Waals surface area contributed by atoms with Gasteiger partial charge in [-0.15, -0.1) is 0 Å². The van der Waals surface area contributed by atoms with Crippen molar-refractivity contribution < 1.29 is 9.53 Å². The van der Waals surface area contributed by atoms with Crippen molar-refractivity contribution >= 4 is 5.78 Å². The molecule has 0 aromatic heterocycles. The molecule has 0 amide bonds. The smallest absolute Gasteiger partial charge is 0.136 e. The summed E-state index contributed by atoms with van der Waals surface area (Å²) in [5, 5.41) is 0. The van der Waals surface area contributed by atoms with Crippen LogP contribution in [0, 0.1) is 23.7 Å². The number of ketones is 1. The molecule has 0 N–H and O–H groups in total. The van der Waals surface area contributed by atoms with E-state index in [9.17, 15) is 4.79 Å². The third-order valence-corrected chi connectivity index (χ3v) is 5.14. The highest BCUT2D eigenvalue weighted by atomic mass is 16.5. The zero-order chi connectivity index (χ0) is 13.1. The van der Waals surface area contributed by atoms with Crippen LogP contribution in [0.4, 0.5) is 0 Å². The first-order chi connectivity index (χ1) is 8.60. The van der Waals surface area contributed by atoms with E-state index in [1.165, 1.54) is 6.42 Å². The second kappa shape index (κ2) is 6.18. The van der Waals surface area contributed by atoms with E-state index in [1.54, 1.807) is 0 Å². The van der Waals surface area contributed by atoms with Crippen molar-refractivity contribution in [1.82, 2.24) is 0 Å². The highest BCUT2D eigenvalue weighted by Gasteiger charge is 2.34. The number of ether oxygens (including phenoxy) is 1. The molecular weight excluding hydrogens is 224 g/mol. The van der Waals surface area contributed by atoms with Gasteiger partial charge in [0.05, 0.1) is 6.10 Å². The Balaban J connectivity index is 1.70. The molecule has 0 aliphatic heterocycles. The quantitative estimate of drug-likeness (QED) is 0.743. The number of carbonyl (C=O) groups is 1. The van der Waals surface area contributed by atoms with Gasteiger partial charge in [-0.2, -0.15) is 0 Å². The number of hydrogen-bond acceptors (Lipinski definition) is 2. The van der Waals surface area contributed by atoms with Gasteiger partial charge in [0, 0.05) is 18.9 Å². The van der Waals surface area contributed by atoms with E-state index in [0.717, 1.165) is 50.5 Å². The van der Waals surface area contributed by atoms with Gasteiger partial charge in [-0.05, 0) is 56.8 Å². The molecule has 0 aromatic rings. The maximum atomic E-state index is 12.3. The minimum absolute atomic E-state index is 0.363. The Bertz CT molecular complexity index is 281. The first-order valence-electron chi connectivity index (χ1n) is 7.74. The average molecular weight is 252 g/mol. The fourth-order valence-corrected chi connectivity index (χ4v) is 3.50. The summed E-state index contributed by atoms with van der Waals surface area (Å²) in [5.41, 5.74) is 0. The maximum Gasteiger partial charge on any atom is 0.136 e. The van der Waals surface area contributed by atoms with Crippen LogP contribution in [0.15, 0.2) is 0 Å².